The first-order chi connectivity index (χ1) is 8.61. The number of hydrogen-bond donors (Lipinski definition) is 1. The molecule has 0 spiro atoms. The number of halogens is 1. The van der Waals surface area contributed by atoms with Crippen LogP contribution in [-0.2, 0) is 6.54 Å². The van der Waals surface area contributed by atoms with Crippen LogP contribution in [0.25, 0.3) is 0 Å². The van der Waals surface area contributed by atoms with E-state index in [1.807, 2.05) is 27.1 Å². The summed E-state index contributed by atoms with van der Waals surface area (Å²) in [6, 6.07) is 4.86. The highest BCUT2D eigenvalue weighted by Crippen LogP contribution is 2.16. The Balaban J connectivity index is 2.46. The van der Waals surface area contributed by atoms with Gasteiger partial charge in [0.25, 0.3) is 0 Å². The van der Waals surface area contributed by atoms with Crippen LogP contribution in [0, 0.1) is 5.82 Å². The van der Waals surface area contributed by atoms with E-state index in [1.54, 1.807) is 0 Å². The average molecular weight is 254 g/mol. The maximum atomic E-state index is 13.4. The van der Waals surface area contributed by atoms with Gasteiger partial charge in [0.1, 0.15) is 11.6 Å². The van der Waals surface area contributed by atoms with Gasteiger partial charge in [-0.25, -0.2) is 4.39 Å². The van der Waals surface area contributed by atoms with Gasteiger partial charge in [0, 0.05) is 19.2 Å². The van der Waals surface area contributed by atoms with Gasteiger partial charge < -0.3 is 15.0 Å². The van der Waals surface area contributed by atoms with Crippen molar-refractivity contribution in [3.05, 3.63) is 29.6 Å². The third-order valence-corrected chi connectivity index (χ3v) is 2.53. The first-order valence-corrected chi connectivity index (χ1v) is 6.39. The maximum absolute atomic E-state index is 13.4. The molecule has 0 radical (unpaired) electrons. The lowest BCUT2D eigenvalue weighted by atomic mass is 10.2. The topological polar surface area (TPSA) is 24.5 Å². The average Bonchev–Trinajstić information content (AvgIpc) is 2.31. The number of nitrogens with one attached hydrogen (secondary N) is 1. The maximum Gasteiger partial charge on any atom is 0.127 e. The molecule has 0 atom stereocenters. The van der Waals surface area contributed by atoms with Crippen LogP contribution in [0.3, 0.4) is 0 Å². The van der Waals surface area contributed by atoms with Crippen LogP contribution in [0.15, 0.2) is 18.2 Å². The molecule has 0 saturated carbocycles. The highest BCUT2D eigenvalue weighted by Gasteiger charge is 2.02. The van der Waals surface area contributed by atoms with Crippen LogP contribution in [0.4, 0.5) is 4.39 Å². The van der Waals surface area contributed by atoms with Crippen molar-refractivity contribution in [2.45, 2.75) is 19.9 Å². The molecule has 0 aromatic heterocycles. The van der Waals surface area contributed by atoms with Gasteiger partial charge in [-0.15, -0.1) is 0 Å². The summed E-state index contributed by atoms with van der Waals surface area (Å²) >= 11 is 0. The van der Waals surface area contributed by atoms with E-state index in [4.69, 9.17) is 4.74 Å². The Morgan fingerprint density at radius 3 is 2.72 bits per heavy atom. The van der Waals surface area contributed by atoms with Crippen molar-refractivity contribution in [3.63, 3.8) is 0 Å². The largest absolute Gasteiger partial charge is 0.493 e. The Labute approximate surface area is 109 Å². The first kappa shape index (κ1) is 14.9. The minimum Gasteiger partial charge on any atom is -0.493 e. The van der Waals surface area contributed by atoms with Gasteiger partial charge in [0.2, 0.25) is 0 Å². The van der Waals surface area contributed by atoms with Crippen LogP contribution in [-0.4, -0.2) is 38.7 Å². The number of benzene rings is 1. The fourth-order valence-electron chi connectivity index (χ4n) is 1.65. The third kappa shape index (κ3) is 5.98. The van der Waals surface area contributed by atoms with Crippen LogP contribution in [0.1, 0.15) is 18.9 Å². The molecule has 0 heterocycles. The molecule has 0 aliphatic carbocycles. The van der Waals surface area contributed by atoms with E-state index in [2.05, 4.69) is 10.2 Å². The first-order valence-electron chi connectivity index (χ1n) is 6.39. The van der Waals surface area contributed by atoms with Crippen LogP contribution < -0.4 is 10.1 Å². The van der Waals surface area contributed by atoms with E-state index in [9.17, 15) is 4.39 Å². The molecule has 4 heteroatoms. The molecule has 0 saturated heterocycles. The zero-order chi connectivity index (χ0) is 13.4. The van der Waals surface area contributed by atoms with E-state index in [0.717, 1.165) is 25.1 Å². The molecule has 18 heavy (non-hydrogen) atoms. The fraction of sp³-hybridized carbons (Fsp3) is 0.571. The summed E-state index contributed by atoms with van der Waals surface area (Å²) in [6.07, 6.45) is 0.937. The fourth-order valence-corrected chi connectivity index (χ4v) is 1.65. The van der Waals surface area contributed by atoms with Crippen molar-refractivity contribution < 1.29 is 9.13 Å². The SMILES string of the molecule is CCNCc1cc(F)cc(OCCCN(C)C)c1. The van der Waals surface area contributed by atoms with E-state index < -0.39 is 0 Å². The van der Waals surface area contributed by atoms with Gasteiger partial charge in [-0.1, -0.05) is 6.92 Å². The number of ether oxygens (including phenoxy) is 1. The Morgan fingerprint density at radius 2 is 2.06 bits per heavy atom. The molecule has 0 aliphatic heterocycles. The van der Waals surface area contributed by atoms with E-state index in [1.165, 1.54) is 12.1 Å². The molecule has 102 valence electrons. The molecule has 1 rings (SSSR count). The van der Waals surface area contributed by atoms with Crippen molar-refractivity contribution in [2.75, 3.05) is 33.8 Å². The van der Waals surface area contributed by atoms with Crippen LogP contribution in [0.2, 0.25) is 0 Å². The molecular formula is C14H23FN2O. The lowest BCUT2D eigenvalue weighted by Gasteiger charge is -2.11. The Hall–Kier alpha value is -1.13. The number of rotatable bonds is 8. The molecule has 1 aromatic rings. The van der Waals surface area contributed by atoms with Gasteiger partial charge in [-0.05, 0) is 44.8 Å². The minimum absolute atomic E-state index is 0.243. The summed E-state index contributed by atoms with van der Waals surface area (Å²) < 4.78 is 18.9. The summed E-state index contributed by atoms with van der Waals surface area (Å²) in [7, 11) is 4.05. The second-order valence-electron chi connectivity index (χ2n) is 4.58. The summed E-state index contributed by atoms with van der Waals surface area (Å²) in [6.45, 7) is 5.15. The zero-order valence-corrected chi connectivity index (χ0v) is 11.5. The van der Waals surface area contributed by atoms with Crippen molar-refractivity contribution >= 4 is 0 Å². The molecule has 3 nitrogen and oxygen atoms in total. The van der Waals surface area contributed by atoms with Crippen molar-refractivity contribution in [2.24, 2.45) is 0 Å². The normalized spacial score (nSPS) is 10.9. The number of hydrogen-bond acceptors (Lipinski definition) is 3. The lowest BCUT2D eigenvalue weighted by molar-refractivity contribution is 0.280. The lowest BCUT2D eigenvalue weighted by Crippen LogP contribution is -2.15. The molecule has 0 amide bonds. The highest BCUT2D eigenvalue weighted by molar-refractivity contribution is 5.29. The van der Waals surface area contributed by atoms with E-state index in [0.29, 0.717) is 18.9 Å². The van der Waals surface area contributed by atoms with Crippen molar-refractivity contribution in [3.8, 4) is 5.75 Å². The van der Waals surface area contributed by atoms with Gasteiger partial charge in [0.15, 0.2) is 0 Å². The van der Waals surface area contributed by atoms with Crippen LogP contribution in [0.5, 0.6) is 5.75 Å². The van der Waals surface area contributed by atoms with Crippen LogP contribution >= 0.6 is 0 Å². The molecule has 0 unspecified atom stereocenters. The second kappa shape index (κ2) is 8.06. The monoisotopic (exact) mass is 254 g/mol. The molecule has 0 fully saturated rings. The van der Waals surface area contributed by atoms with Gasteiger partial charge in [-0.3, -0.25) is 0 Å². The van der Waals surface area contributed by atoms with Crippen molar-refractivity contribution in [1.29, 1.82) is 0 Å². The van der Waals surface area contributed by atoms with E-state index in [-0.39, 0.29) is 5.82 Å². The standard InChI is InChI=1S/C14H23FN2O/c1-4-16-11-12-8-13(15)10-14(9-12)18-7-5-6-17(2)3/h8-10,16H,4-7,11H2,1-3H3. The number of nitrogens with zero attached hydrogens (tertiary/aromatic N) is 1. The summed E-state index contributed by atoms with van der Waals surface area (Å²) in [5.41, 5.74) is 0.916. The smallest absolute Gasteiger partial charge is 0.127 e. The Bertz CT molecular complexity index is 356. The van der Waals surface area contributed by atoms with Gasteiger partial charge >= 0.3 is 0 Å². The highest BCUT2D eigenvalue weighted by atomic mass is 19.1. The molecule has 0 bridgehead atoms. The minimum atomic E-state index is -0.243. The Kier molecular flexibility index (Phi) is 6.68. The Morgan fingerprint density at radius 1 is 1.28 bits per heavy atom. The predicted molar refractivity (Wildman–Crippen MR) is 72.4 cm³/mol. The van der Waals surface area contributed by atoms with Gasteiger partial charge in [0.05, 0.1) is 6.61 Å². The summed E-state index contributed by atoms with van der Waals surface area (Å²) in [5.74, 6) is 0.370. The molecule has 1 aromatic carbocycles. The zero-order valence-electron chi connectivity index (χ0n) is 11.5. The third-order valence-electron chi connectivity index (χ3n) is 2.53. The molecule has 1 N–H and O–H groups in total. The van der Waals surface area contributed by atoms with E-state index >= 15 is 0 Å². The van der Waals surface area contributed by atoms with Crippen molar-refractivity contribution in [1.82, 2.24) is 10.2 Å². The quantitative estimate of drug-likeness (QED) is 0.720. The molecule has 0 aliphatic rings. The summed E-state index contributed by atoms with van der Waals surface area (Å²) in [5, 5.41) is 3.17. The summed E-state index contributed by atoms with van der Waals surface area (Å²) in [4.78, 5) is 2.10. The molecular weight excluding hydrogens is 231 g/mol. The van der Waals surface area contributed by atoms with Gasteiger partial charge in [-0.2, -0.15) is 0 Å². The second-order valence-corrected chi connectivity index (χ2v) is 4.58. The predicted octanol–water partition coefficient (Wildman–Crippen LogP) is 2.27.